The second kappa shape index (κ2) is 10.3. The molecule has 0 bridgehead atoms. The van der Waals surface area contributed by atoms with Crippen LogP contribution >= 0.6 is 0 Å². The van der Waals surface area contributed by atoms with Gasteiger partial charge in [0.15, 0.2) is 6.61 Å². The zero-order valence-corrected chi connectivity index (χ0v) is 17.9. The van der Waals surface area contributed by atoms with Gasteiger partial charge in [-0.2, -0.15) is 5.10 Å². The van der Waals surface area contributed by atoms with Crippen molar-refractivity contribution in [2.75, 3.05) is 13.2 Å². The molecule has 0 radical (unpaired) electrons. The first-order chi connectivity index (χ1) is 15.7. The summed E-state index contributed by atoms with van der Waals surface area (Å²) >= 11 is 0. The van der Waals surface area contributed by atoms with Crippen LogP contribution in [-0.4, -0.2) is 29.9 Å². The van der Waals surface area contributed by atoms with Gasteiger partial charge < -0.3 is 14.0 Å². The molecular weight excluding hydrogens is 402 g/mol. The highest BCUT2D eigenvalue weighted by atomic mass is 16.5. The van der Waals surface area contributed by atoms with Crippen LogP contribution in [0.25, 0.3) is 10.9 Å². The van der Waals surface area contributed by atoms with E-state index in [1.807, 2.05) is 43.5 Å². The summed E-state index contributed by atoms with van der Waals surface area (Å²) in [7, 11) is 0. The van der Waals surface area contributed by atoms with Crippen LogP contribution in [0.3, 0.4) is 0 Å². The van der Waals surface area contributed by atoms with Gasteiger partial charge in [-0.25, -0.2) is 5.43 Å². The molecule has 0 saturated carbocycles. The van der Waals surface area contributed by atoms with Crippen molar-refractivity contribution in [3.63, 3.8) is 0 Å². The van der Waals surface area contributed by atoms with Crippen LogP contribution in [0.5, 0.6) is 11.5 Å². The van der Waals surface area contributed by atoms with Crippen molar-refractivity contribution < 1.29 is 14.3 Å². The second-order valence-electron chi connectivity index (χ2n) is 7.20. The third-order valence-corrected chi connectivity index (χ3v) is 4.91. The van der Waals surface area contributed by atoms with Crippen molar-refractivity contribution in [1.29, 1.82) is 0 Å². The Morgan fingerprint density at radius 1 is 0.938 bits per heavy atom. The molecule has 4 rings (SSSR count). The molecule has 4 aromatic rings. The molecule has 6 heteroatoms. The van der Waals surface area contributed by atoms with Crippen LogP contribution in [0.4, 0.5) is 0 Å². The van der Waals surface area contributed by atoms with Gasteiger partial charge in [0.2, 0.25) is 0 Å². The highest BCUT2D eigenvalue weighted by Gasteiger charge is 2.07. The molecule has 1 heterocycles. The number of nitrogens with zero attached hydrogens (tertiary/aromatic N) is 2. The maximum Gasteiger partial charge on any atom is 0.277 e. The number of amides is 1. The zero-order chi connectivity index (χ0) is 22.2. The third-order valence-electron chi connectivity index (χ3n) is 4.91. The minimum absolute atomic E-state index is 0.124. The average Bonchev–Trinajstić information content (AvgIpc) is 3.17. The Morgan fingerprint density at radius 2 is 1.62 bits per heavy atom. The first-order valence-electron chi connectivity index (χ1n) is 10.5. The molecule has 32 heavy (non-hydrogen) atoms. The van der Waals surface area contributed by atoms with Crippen molar-refractivity contribution in [3.05, 3.63) is 96.2 Å². The highest BCUT2D eigenvalue weighted by molar-refractivity contribution is 5.99. The summed E-state index contributed by atoms with van der Waals surface area (Å²) in [5.74, 6) is 1.03. The number of ether oxygens (including phenoxy) is 2. The molecule has 1 amide bonds. The van der Waals surface area contributed by atoms with Crippen LogP contribution < -0.4 is 14.9 Å². The minimum Gasteiger partial charge on any atom is -0.494 e. The van der Waals surface area contributed by atoms with E-state index < -0.39 is 0 Å². The lowest BCUT2D eigenvalue weighted by Gasteiger charge is -2.06. The maximum absolute atomic E-state index is 12.1. The SMILES string of the molecule is CCOc1ccc(OCC(=O)N/N=C/c2cn(Cc3ccccc3)c3ccccc23)cc1. The molecule has 0 saturated heterocycles. The van der Waals surface area contributed by atoms with Crippen molar-refractivity contribution >= 4 is 23.0 Å². The van der Waals surface area contributed by atoms with E-state index in [9.17, 15) is 4.79 Å². The van der Waals surface area contributed by atoms with Crippen molar-refractivity contribution in [2.24, 2.45) is 5.10 Å². The maximum atomic E-state index is 12.1. The topological polar surface area (TPSA) is 64.8 Å². The van der Waals surface area contributed by atoms with Gasteiger partial charge in [0.25, 0.3) is 5.91 Å². The van der Waals surface area contributed by atoms with E-state index in [1.165, 1.54) is 5.56 Å². The average molecular weight is 428 g/mol. The summed E-state index contributed by atoms with van der Waals surface area (Å²) in [5.41, 5.74) is 5.80. The van der Waals surface area contributed by atoms with Crippen molar-refractivity contribution in [2.45, 2.75) is 13.5 Å². The lowest BCUT2D eigenvalue weighted by molar-refractivity contribution is -0.123. The van der Waals surface area contributed by atoms with E-state index in [1.54, 1.807) is 30.5 Å². The number of fused-ring (bicyclic) bond motifs is 1. The van der Waals surface area contributed by atoms with Gasteiger partial charge in [0.05, 0.1) is 12.8 Å². The number of hydrazone groups is 1. The van der Waals surface area contributed by atoms with Gasteiger partial charge in [-0.1, -0.05) is 48.5 Å². The van der Waals surface area contributed by atoms with Gasteiger partial charge in [-0.15, -0.1) is 0 Å². The fourth-order valence-corrected chi connectivity index (χ4v) is 3.44. The molecule has 0 aliphatic rings. The Morgan fingerprint density at radius 3 is 2.38 bits per heavy atom. The van der Waals surface area contributed by atoms with Gasteiger partial charge in [0.1, 0.15) is 11.5 Å². The molecule has 162 valence electrons. The number of aromatic nitrogens is 1. The number of para-hydroxylation sites is 1. The number of hydrogen-bond acceptors (Lipinski definition) is 4. The molecule has 0 atom stereocenters. The molecular formula is C26H25N3O3. The summed E-state index contributed by atoms with van der Waals surface area (Å²) in [6.45, 7) is 3.17. The van der Waals surface area contributed by atoms with E-state index in [2.05, 4.69) is 39.4 Å². The highest BCUT2D eigenvalue weighted by Crippen LogP contribution is 2.21. The normalized spacial score (nSPS) is 11.0. The summed E-state index contributed by atoms with van der Waals surface area (Å²) in [5, 5.41) is 5.20. The van der Waals surface area contributed by atoms with Crippen LogP contribution in [0.15, 0.2) is 90.2 Å². The first-order valence-corrected chi connectivity index (χ1v) is 10.5. The van der Waals surface area contributed by atoms with Crippen LogP contribution in [0, 0.1) is 0 Å². The number of carbonyl (C=O) groups excluding carboxylic acids is 1. The van der Waals surface area contributed by atoms with Crippen LogP contribution in [0.1, 0.15) is 18.1 Å². The Bertz CT molecular complexity index is 1200. The van der Waals surface area contributed by atoms with Crippen LogP contribution in [-0.2, 0) is 11.3 Å². The van der Waals surface area contributed by atoms with E-state index in [0.29, 0.717) is 12.4 Å². The fourth-order valence-electron chi connectivity index (χ4n) is 3.44. The van der Waals surface area contributed by atoms with E-state index in [0.717, 1.165) is 28.8 Å². The molecule has 6 nitrogen and oxygen atoms in total. The largest absolute Gasteiger partial charge is 0.494 e. The van der Waals surface area contributed by atoms with Crippen molar-refractivity contribution in [3.8, 4) is 11.5 Å². The van der Waals surface area contributed by atoms with E-state index in [-0.39, 0.29) is 12.5 Å². The molecule has 0 fully saturated rings. The molecule has 0 spiro atoms. The molecule has 0 aliphatic carbocycles. The quantitative estimate of drug-likeness (QED) is 0.313. The smallest absolute Gasteiger partial charge is 0.277 e. The summed E-state index contributed by atoms with van der Waals surface area (Å²) in [4.78, 5) is 12.1. The molecule has 0 unspecified atom stereocenters. The lowest BCUT2D eigenvalue weighted by Crippen LogP contribution is -2.24. The predicted molar refractivity (Wildman–Crippen MR) is 126 cm³/mol. The summed E-state index contributed by atoms with van der Waals surface area (Å²) in [6.07, 6.45) is 3.71. The third kappa shape index (κ3) is 5.35. The summed E-state index contributed by atoms with van der Waals surface area (Å²) in [6, 6.07) is 25.6. The summed E-state index contributed by atoms with van der Waals surface area (Å²) < 4.78 is 13.1. The van der Waals surface area contributed by atoms with Gasteiger partial charge in [-0.05, 0) is 42.8 Å². The van der Waals surface area contributed by atoms with Gasteiger partial charge in [-0.3, -0.25) is 4.79 Å². The van der Waals surface area contributed by atoms with Crippen molar-refractivity contribution in [1.82, 2.24) is 9.99 Å². The standard InChI is InChI=1S/C26H25N3O3/c1-2-31-22-12-14-23(15-13-22)32-19-26(30)28-27-16-21-18-29(17-20-8-4-3-5-9-20)25-11-7-6-10-24(21)25/h3-16,18H,2,17,19H2,1H3,(H,28,30)/b27-16+. The Hall–Kier alpha value is -4.06. The predicted octanol–water partition coefficient (Wildman–Crippen LogP) is 4.62. The number of rotatable bonds is 9. The molecule has 1 aromatic heterocycles. The first kappa shape index (κ1) is 21.2. The van der Waals surface area contributed by atoms with Gasteiger partial charge in [0, 0.05) is 29.2 Å². The van der Waals surface area contributed by atoms with E-state index in [4.69, 9.17) is 9.47 Å². The Labute approximate surface area is 187 Å². The zero-order valence-electron chi connectivity index (χ0n) is 17.9. The van der Waals surface area contributed by atoms with E-state index >= 15 is 0 Å². The lowest BCUT2D eigenvalue weighted by atomic mass is 10.2. The number of carbonyl (C=O) groups is 1. The number of benzene rings is 3. The molecule has 3 aromatic carbocycles. The number of nitrogens with one attached hydrogen (secondary N) is 1. The molecule has 0 aliphatic heterocycles. The van der Waals surface area contributed by atoms with Crippen LogP contribution in [0.2, 0.25) is 0 Å². The Kier molecular flexibility index (Phi) is 6.82. The molecule has 1 N–H and O–H groups in total. The monoisotopic (exact) mass is 427 g/mol. The Balaban J connectivity index is 1.37. The second-order valence-corrected chi connectivity index (χ2v) is 7.20. The fraction of sp³-hybridized carbons (Fsp3) is 0.154. The van der Waals surface area contributed by atoms with Gasteiger partial charge >= 0.3 is 0 Å². The number of hydrogen-bond donors (Lipinski definition) is 1. The minimum atomic E-state index is -0.330.